The predicted octanol–water partition coefficient (Wildman–Crippen LogP) is 1.56. The van der Waals surface area contributed by atoms with Crippen molar-refractivity contribution >= 4 is 26.0 Å². The van der Waals surface area contributed by atoms with Gasteiger partial charge in [-0.05, 0) is 6.92 Å². The molecule has 0 heterocycles. The first-order chi connectivity index (χ1) is 6.39. The van der Waals surface area contributed by atoms with Crippen LogP contribution in [0.1, 0.15) is 6.92 Å². The van der Waals surface area contributed by atoms with Crippen molar-refractivity contribution in [3.05, 3.63) is 36.0 Å². The van der Waals surface area contributed by atoms with Crippen molar-refractivity contribution in [2.24, 2.45) is 0 Å². The molecule has 0 N–H and O–H groups in total. The first kappa shape index (κ1) is 11.2. The number of aldehydes is 1. The van der Waals surface area contributed by atoms with Gasteiger partial charge in [0.2, 0.25) is 9.05 Å². The average molecular weight is 233 g/mol. The van der Waals surface area contributed by atoms with Gasteiger partial charge in [0, 0.05) is 16.3 Å². The summed E-state index contributed by atoms with van der Waals surface area (Å²) in [6.07, 6.45) is 7.93. The fraction of sp³-hybridized carbons (Fsp3) is 0.222. The summed E-state index contributed by atoms with van der Waals surface area (Å²) in [5.74, 6) is 0. The van der Waals surface area contributed by atoms with Crippen molar-refractivity contribution in [3.8, 4) is 0 Å². The highest BCUT2D eigenvalue weighted by atomic mass is 35.7. The van der Waals surface area contributed by atoms with E-state index in [1.807, 2.05) is 0 Å². The quantitative estimate of drug-likeness (QED) is 0.536. The third-order valence-electron chi connectivity index (χ3n) is 1.98. The van der Waals surface area contributed by atoms with Crippen molar-refractivity contribution in [2.45, 2.75) is 11.7 Å². The minimum Gasteiger partial charge on any atom is -0.298 e. The van der Waals surface area contributed by atoms with Crippen molar-refractivity contribution in [1.29, 1.82) is 0 Å². The van der Waals surface area contributed by atoms with Crippen LogP contribution in [0.25, 0.3) is 0 Å². The van der Waals surface area contributed by atoms with Crippen molar-refractivity contribution in [3.63, 3.8) is 0 Å². The largest absolute Gasteiger partial charge is 0.298 e. The van der Waals surface area contributed by atoms with Crippen LogP contribution in [0, 0.1) is 0 Å². The predicted molar refractivity (Wildman–Crippen MR) is 55.6 cm³/mol. The van der Waals surface area contributed by atoms with Gasteiger partial charge in [-0.2, -0.15) is 0 Å². The molecule has 0 aromatic rings. The Kier molecular flexibility index (Phi) is 2.97. The molecule has 3 nitrogen and oxygen atoms in total. The molecule has 1 atom stereocenters. The molecule has 5 heteroatoms. The molecule has 0 fully saturated rings. The Hall–Kier alpha value is -0.870. The van der Waals surface area contributed by atoms with Crippen molar-refractivity contribution in [2.75, 3.05) is 0 Å². The van der Waals surface area contributed by atoms with Crippen LogP contribution in [0.2, 0.25) is 0 Å². The van der Waals surface area contributed by atoms with Crippen molar-refractivity contribution < 1.29 is 13.2 Å². The van der Waals surface area contributed by atoms with E-state index in [0.29, 0.717) is 11.9 Å². The number of rotatable bonds is 2. The Morgan fingerprint density at radius 3 is 2.57 bits per heavy atom. The first-order valence-electron chi connectivity index (χ1n) is 3.87. The molecule has 1 unspecified atom stereocenters. The molecule has 0 saturated carbocycles. The van der Waals surface area contributed by atoms with E-state index in [0.717, 1.165) is 0 Å². The monoisotopic (exact) mass is 232 g/mol. The van der Waals surface area contributed by atoms with Crippen LogP contribution in [0.3, 0.4) is 0 Å². The van der Waals surface area contributed by atoms with Gasteiger partial charge in [-0.3, -0.25) is 4.79 Å². The molecule has 1 rings (SSSR count). The summed E-state index contributed by atoms with van der Waals surface area (Å²) in [6, 6.07) is 0. The molecule has 0 aromatic carbocycles. The van der Waals surface area contributed by atoms with E-state index in [-0.39, 0.29) is 0 Å². The number of hydrogen-bond donors (Lipinski definition) is 0. The summed E-state index contributed by atoms with van der Waals surface area (Å²) < 4.78 is 21.2. The second kappa shape index (κ2) is 3.71. The lowest BCUT2D eigenvalue weighted by molar-refractivity contribution is -0.104. The van der Waals surface area contributed by atoms with E-state index in [2.05, 4.69) is 0 Å². The summed E-state index contributed by atoms with van der Waals surface area (Å²) in [7, 11) is 1.54. The summed E-state index contributed by atoms with van der Waals surface area (Å²) in [6.45, 7) is 1.46. The minimum absolute atomic E-state index is 0.408. The van der Waals surface area contributed by atoms with Gasteiger partial charge in [0.25, 0.3) is 0 Å². The Morgan fingerprint density at radius 2 is 2.07 bits per heavy atom. The maximum atomic E-state index is 11.2. The van der Waals surface area contributed by atoms with Crippen LogP contribution in [0.4, 0.5) is 0 Å². The smallest absolute Gasteiger partial charge is 0.245 e. The van der Waals surface area contributed by atoms with E-state index in [1.54, 1.807) is 0 Å². The lowest BCUT2D eigenvalue weighted by Crippen LogP contribution is -2.26. The zero-order valence-corrected chi connectivity index (χ0v) is 9.05. The fourth-order valence-electron chi connectivity index (χ4n) is 0.964. The number of allylic oxidation sites excluding steroid dienone is 4. The molecular weight excluding hydrogens is 224 g/mol. The summed E-state index contributed by atoms with van der Waals surface area (Å²) >= 11 is 0. The highest BCUT2D eigenvalue weighted by molar-refractivity contribution is 8.15. The van der Waals surface area contributed by atoms with Crippen LogP contribution in [-0.4, -0.2) is 19.5 Å². The van der Waals surface area contributed by atoms with E-state index in [1.165, 1.54) is 37.3 Å². The molecule has 0 spiro atoms. The fourth-order valence-corrected chi connectivity index (χ4v) is 1.74. The zero-order valence-electron chi connectivity index (χ0n) is 7.48. The average Bonchev–Trinajstić information content (AvgIpc) is 2.27. The van der Waals surface area contributed by atoms with E-state index >= 15 is 0 Å². The standard InChI is InChI=1S/C9H9ClO3S/c1-9(14(10,12)13)5-2-3-8(7-11)4-6-9/h2-7H,1H3. The molecule has 0 bridgehead atoms. The van der Waals surface area contributed by atoms with Gasteiger partial charge < -0.3 is 0 Å². The van der Waals surface area contributed by atoms with E-state index in [4.69, 9.17) is 10.7 Å². The zero-order chi connectivity index (χ0) is 10.8. The third-order valence-corrected chi connectivity index (χ3v) is 4.30. The van der Waals surface area contributed by atoms with Crippen LogP contribution >= 0.6 is 10.7 Å². The molecule has 0 saturated heterocycles. The molecular formula is C9H9ClO3S. The van der Waals surface area contributed by atoms with Crippen LogP contribution in [0.5, 0.6) is 0 Å². The lowest BCUT2D eigenvalue weighted by Gasteiger charge is -2.16. The van der Waals surface area contributed by atoms with Gasteiger partial charge in [-0.25, -0.2) is 8.42 Å². The molecule has 0 aromatic heterocycles. The van der Waals surface area contributed by atoms with Crippen molar-refractivity contribution in [1.82, 2.24) is 0 Å². The van der Waals surface area contributed by atoms with Gasteiger partial charge >= 0.3 is 0 Å². The summed E-state index contributed by atoms with van der Waals surface area (Å²) in [4.78, 5) is 10.4. The molecule has 0 amide bonds. The topological polar surface area (TPSA) is 51.2 Å². The maximum Gasteiger partial charge on any atom is 0.245 e. The number of carbonyl (C=O) groups excluding carboxylic acids is 1. The highest BCUT2D eigenvalue weighted by Crippen LogP contribution is 2.26. The number of hydrogen-bond acceptors (Lipinski definition) is 3. The molecule has 0 aliphatic heterocycles. The lowest BCUT2D eigenvalue weighted by atomic mass is 10.1. The minimum atomic E-state index is -3.73. The summed E-state index contributed by atoms with van der Waals surface area (Å²) in [5, 5.41) is 0. The number of carbonyl (C=O) groups is 1. The normalized spacial score (nSPS) is 26.9. The second-order valence-electron chi connectivity index (χ2n) is 3.10. The third kappa shape index (κ3) is 2.13. The van der Waals surface area contributed by atoms with Gasteiger partial charge in [0.05, 0.1) is 0 Å². The maximum absolute atomic E-state index is 11.2. The van der Waals surface area contributed by atoms with Gasteiger partial charge in [-0.1, -0.05) is 30.4 Å². The van der Waals surface area contributed by atoms with Crippen LogP contribution < -0.4 is 0 Å². The molecule has 14 heavy (non-hydrogen) atoms. The SMILES string of the molecule is CC1(S(=O)(=O)Cl)C=CC=C(C=O)C=C1. The molecule has 1 aliphatic rings. The van der Waals surface area contributed by atoms with E-state index in [9.17, 15) is 13.2 Å². The van der Waals surface area contributed by atoms with Crippen LogP contribution in [-0.2, 0) is 13.8 Å². The number of halogens is 1. The Labute approximate surface area is 87.2 Å². The van der Waals surface area contributed by atoms with Crippen LogP contribution in [0.15, 0.2) is 36.0 Å². The van der Waals surface area contributed by atoms with Gasteiger partial charge in [-0.15, -0.1) is 0 Å². The molecule has 76 valence electrons. The molecule has 1 aliphatic carbocycles. The van der Waals surface area contributed by atoms with Gasteiger partial charge in [0.1, 0.15) is 11.0 Å². The summed E-state index contributed by atoms with van der Waals surface area (Å²) in [5.41, 5.74) is 0.408. The van der Waals surface area contributed by atoms with E-state index < -0.39 is 13.8 Å². The molecule has 0 radical (unpaired) electrons. The second-order valence-corrected chi connectivity index (χ2v) is 6.07. The first-order valence-corrected chi connectivity index (χ1v) is 6.18. The van der Waals surface area contributed by atoms with Gasteiger partial charge in [0.15, 0.2) is 0 Å². The Bertz CT molecular complexity index is 431. The Balaban J connectivity index is 3.18. The Morgan fingerprint density at radius 1 is 1.43 bits per heavy atom. The highest BCUT2D eigenvalue weighted by Gasteiger charge is 2.32.